The number of nitrogens with zero attached hydrogens (tertiary/aromatic N) is 1. The molecule has 2 aliphatic heterocycles. The van der Waals surface area contributed by atoms with Crippen molar-refractivity contribution in [3.63, 3.8) is 0 Å². The highest BCUT2D eigenvalue weighted by Gasteiger charge is 2.46. The van der Waals surface area contributed by atoms with Gasteiger partial charge in [-0.15, -0.1) is 0 Å². The van der Waals surface area contributed by atoms with Gasteiger partial charge in [0, 0.05) is 18.3 Å². The minimum atomic E-state index is -3.05. The SMILES string of the molecule is CCOc1ccccc1NC(=O)N1C2CCC1CC(S(C)(=O)=O)C2. The van der Waals surface area contributed by atoms with Gasteiger partial charge in [-0.2, -0.15) is 0 Å². The summed E-state index contributed by atoms with van der Waals surface area (Å²) in [5.74, 6) is 0.645. The number of carbonyl (C=O) groups is 1. The zero-order valence-corrected chi connectivity index (χ0v) is 14.9. The van der Waals surface area contributed by atoms with Gasteiger partial charge < -0.3 is 15.0 Å². The third-order valence-electron chi connectivity index (χ3n) is 4.96. The molecule has 1 aromatic rings. The standard InChI is InChI=1S/C17H24N2O4S/c1-3-23-16-7-5-4-6-15(16)18-17(20)19-12-8-9-13(19)11-14(10-12)24(2,21)22/h4-7,12-14H,3,8-11H2,1-2H3,(H,18,20). The molecule has 2 amide bonds. The Bertz CT molecular complexity index is 705. The molecule has 2 unspecified atom stereocenters. The first-order valence-corrected chi connectivity index (χ1v) is 10.4. The number of amides is 2. The Morgan fingerprint density at radius 3 is 2.46 bits per heavy atom. The fourth-order valence-electron chi connectivity index (χ4n) is 3.84. The van der Waals surface area contributed by atoms with Crippen LogP contribution in [0.3, 0.4) is 0 Å². The molecule has 0 aliphatic carbocycles. The van der Waals surface area contributed by atoms with E-state index >= 15 is 0 Å². The molecule has 2 heterocycles. The van der Waals surface area contributed by atoms with Crippen LogP contribution < -0.4 is 10.1 Å². The van der Waals surface area contributed by atoms with E-state index in [4.69, 9.17) is 4.74 Å². The van der Waals surface area contributed by atoms with Crippen molar-refractivity contribution >= 4 is 21.6 Å². The molecule has 0 radical (unpaired) electrons. The maximum Gasteiger partial charge on any atom is 0.322 e. The summed E-state index contributed by atoms with van der Waals surface area (Å²) in [6.45, 7) is 2.42. The lowest BCUT2D eigenvalue weighted by Gasteiger charge is -2.38. The van der Waals surface area contributed by atoms with E-state index in [-0.39, 0.29) is 23.4 Å². The van der Waals surface area contributed by atoms with Crippen LogP contribution in [0.1, 0.15) is 32.6 Å². The molecule has 2 atom stereocenters. The average Bonchev–Trinajstić information content (AvgIpc) is 2.78. The molecule has 0 saturated carbocycles. The number of piperidine rings is 1. The van der Waals surface area contributed by atoms with Gasteiger partial charge in [0.2, 0.25) is 0 Å². The van der Waals surface area contributed by atoms with Crippen LogP contribution in [0.15, 0.2) is 24.3 Å². The van der Waals surface area contributed by atoms with E-state index < -0.39 is 9.84 Å². The Morgan fingerprint density at radius 2 is 1.88 bits per heavy atom. The highest BCUT2D eigenvalue weighted by atomic mass is 32.2. The second kappa shape index (κ2) is 6.63. The zero-order chi connectivity index (χ0) is 17.3. The van der Waals surface area contributed by atoms with E-state index in [9.17, 15) is 13.2 Å². The van der Waals surface area contributed by atoms with Crippen molar-refractivity contribution in [1.29, 1.82) is 0 Å². The zero-order valence-electron chi connectivity index (χ0n) is 14.1. The molecular formula is C17H24N2O4S. The number of ether oxygens (including phenoxy) is 1. The molecule has 1 N–H and O–H groups in total. The molecule has 1 aromatic carbocycles. The summed E-state index contributed by atoms with van der Waals surface area (Å²) >= 11 is 0. The highest BCUT2D eigenvalue weighted by molar-refractivity contribution is 7.91. The summed E-state index contributed by atoms with van der Waals surface area (Å²) in [6.07, 6.45) is 4.12. The summed E-state index contributed by atoms with van der Waals surface area (Å²) in [5, 5.41) is 2.61. The first kappa shape index (κ1) is 17.1. The van der Waals surface area contributed by atoms with Crippen LogP contribution in [0.5, 0.6) is 5.75 Å². The molecule has 132 valence electrons. The van der Waals surface area contributed by atoms with Gasteiger partial charge in [0.15, 0.2) is 0 Å². The van der Waals surface area contributed by atoms with E-state index in [0.717, 1.165) is 12.8 Å². The molecule has 7 heteroatoms. The van der Waals surface area contributed by atoms with Gasteiger partial charge in [0.1, 0.15) is 15.6 Å². The van der Waals surface area contributed by atoms with Crippen molar-refractivity contribution < 1.29 is 17.9 Å². The van der Waals surface area contributed by atoms with Gasteiger partial charge in [0.25, 0.3) is 0 Å². The number of sulfone groups is 1. The van der Waals surface area contributed by atoms with E-state index in [0.29, 0.717) is 30.9 Å². The van der Waals surface area contributed by atoms with Crippen LogP contribution in [-0.2, 0) is 9.84 Å². The van der Waals surface area contributed by atoms with Crippen LogP contribution in [0.2, 0.25) is 0 Å². The molecule has 3 rings (SSSR count). The molecule has 2 saturated heterocycles. The van der Waals surface area contributed by atoms with Crippen LogP contribution in [0, 0.1) is 0 Å². The molecule has 2 fully saturated rings. The Kier molecular flexibility index (Phi) is 4.71. The summed E-state index contributed by atoms with van der Waals surface area (Å²) in [6, 6.07) is 7.19. The van der Waals surface area contributed by atoms with Crippen LogP contribution in [-0.4, -0.2) is 49.5 Å². The van der Waals surface area contributed by atoms with Crippen molar-refractivity contribution in [3.8, 4) is 5.75 Å². The normalized spacial score (nSPS) is 26.2. The number of fused-ring (bicyclic) bond motifs is 2. The van der Waals surface area contributed by atoms with Gasteiger partial charge >= 0.3 is 6.03 Å². The number of hydrogen-bond donors (Lipinski definition) is 1. The monoisotopic (exact) mass is 352 g/mol. The van der Waals surface area contributed by atoms with Crippen molar-refractivity contribution in [3.05, 3.63) is 24.3 Å². The summed E-state index contributed by atoms with van der Waals surface area (Å²) < 4.78 is 29.3. The fraction of sp³-hybridized carbons (Fsp3) is 0.588. The number of para-hydroxylation sites is 2. The van der Waals surface area contributed by atoms with Gasteiger partial charge in [-0.1, -0.05) is 12.1 Å². The Balaban J connectivity index is 1.73. The third-order valence-corrected chi connectivity index (χ3v) is 6.55. The second-order valence-electron chi connectivity index (χ2n) is 6.57. The summed E-state index contributed by atoms with van der Waals surface area (Å²) in [4.78, 5) is 14.6. The number of nitrogens with one attached hydrogen (secondary N) is 1. The molecule has 6 nitrogen and oxygen atoms in total. The number of urea groups is 1. The number of rotatable bonds is 4. The number of anilines is 1. The predicted octanol–water partition coefficient (Wildman–Crippen LogP) is 2.66. The molecule has 2 aliphatic rings. The molecule has 0 spiro atoms. The molecular weight excluding hydrogens is 328 g/mol. The fourth-order valence-corrected chi connectivity index (χ4v) is 4.98. The van der Waals surface area contributed by atoms with Gasteiger partial charge in [-0.05, 0) is 44.7 Å². The van der Waals surface area contributed by atoms with Crippen LogP contribution in [0.4, 0.5) is 10.5 Å². The molecule has 2 bridgehead atoms. The quantitative estimate of drug-likeness (QED) is 0.904. The smallest absolute Gasteiger partial charge is 0.322 e. The predicted molar refractivity (Wildman–Crippen MR) is 93.1 cm³/mol. The lowest BCUT2D eigenvalue weighted by molar-refractivity contribution is 0.160. The summed E-state index contributed by atoms with van der Waals surface area (Å²) in [7, 11) is -3.05. The minimum absolute atomic E-state index is 0.00253. The van der Waals surface area contributed by atoms with Gasteiger partial charge in [-0.25, -0.2) is 13.2 Å². The van der Waals surface area contributed by atoms with Crippen molar-refractivity contribution in [2.45, 2.75) is 49.9 Å². The highest BCUT2D eigenvalue weighted by Crippen LogP contribution is 2.38. The molecule has 24 heavy (non-hydrogen) atoms. The number of hydrogen-bond acceptors (Lipinski definition) is 4. The van der Waals surface area contributed by atoms with E-state index in [1.807, 2.05) is 36.1 Å². The second-order valence-corrected chi connectivity index (χ2v) is 8.90. The summed E-state index contributed by atoms with van der Waals surface area (Å²) in [5.41, 5.74) is 0.647. The molecule has 0 aromatic heterocycles. The van der Waals surface area contributed by atoms with E-state index in [2.05, 4.69) is 5.32 Å². The topological polar surface area (TPSA) is 75.7 Å². The Hall–Kier alpha value is -1.76. The third kappa shape index (κ3) is 3.36. The number of carbonyl (C=O) groups excluding carboxylic acids is 1. The van der Waals surface area contributed by atoms with E-state index in [1.54, 1.807) is 0 Å². The Labute approximate surface area is 143 Å². The average molecular weight is 352 g/mol. The minimum Gasteiger partial charge on any atom is -0.492 e. The first-order valence-electron chi connectivity index (χ1n) is 8.40. The van der Waals surface area contributed by atoms with Crippen molar-refractivity contribution in [1.82, 2.24) is 4.90 Å². The van der Waals surface area contributed by atoms with E-state index in [1.165, 1.54) is 6.26 Å². The van der Waals surface area contributed by atoms with Crippen molar-refractivity contribution in [2.75, 3.05) is 18.2 Å². The number of benzene rings is 1. The Morgan fingerprint density at radius 1 is 1.25 bits per heavy atom. The maximum absolute atomic E-state index is 12.8. The maximum atomic E-state index is 12.8. The van der Waals surface area contributed by atoms with Gasteiger partial charge in [0.05, 0.1) is 17.5 Å². The van der Waals surface area contributed by atoms with Gasteiger partial charge in [-0.3, -0.25) is 0 Å². The van der Waals surface area contributed by atoms with Crippen LogP contribution in [0.25, 0.3) is 0 Å². The van der Waals surface area contributed by atoms with Crippen LogP contribution >= 0.6 is 0 Å². The van der Waals surface area contributed by atoms with Crippen molar-refractivity contribution in [2.24, 2.45) is 0 Å². The largest absolute Gasteiger partial charge is 0.492 e. The first-order chi connectivity index (χ1) is 11.4. The lowest BCUT2D eigenvalue weighted by atomic mass is 10.0. The lowest BCUT2D eigenvalue weighted by Crippen LogP contribution is -2.51.